The van der Waals surface area contributed by atoms with E-state index in [1.165, 1.54) is 0 Å². The summed E-state index contributed by atoms with van der Waals surface area (Å²) in [7, 11) is 0. The smallest absolute Gasteiger partial charge is 0.416 e. The van der Waals surface area contributed by atoms with Crippen LogP contribution in [-0.4, -0.2) is 16.9 Å². The van der Waals surface area contributed by atoms with E-state index in [-0.39, 0.29) is 30.1 Å². The van der Waals surface area contributed by atoms with E-state index < -0.39 is 23.1 Å². The Bertz CT molecular complexity index is 794. The maximum absolute atomic E-state index is 12.7. The van der Waals surface area contributed by atoms with Crippen molar-refractivity contribution in [2.45, 2.75) is 38.8 Å². The van der Waals surface area contributed by atoms with Crippen LogP contribution >= 0.6 is 0 Å². The second-order valence-corrected chi connectivity index (χ2v) is 7.20. The molecule has 0 saturated carbocycles. The van der Waals surface area contributed by atoms with E-state index >= 15 is 0 Å². The molecule has 0 amide bonds. The van der Waals surface area contributed by atoms with Crippen LogP contribution in [0.1, 0.15) is 54.1 Å². The summed E-state index contributed by atoms with van der Waals surface area (Å²) < 4.78 is 38.0. The van der Waals surface area contributed by atoms with Gasteiger partial charge in [-0.1, -0.05) is 42.5 Å². The SMILES string of the molecule is CC(C)(CC(CC(=O)c1ccc(C(F)(F)F)cc1)c1ccccc1)C(=O)O. The molecule has 0 radical (unpaired) electrons. The van der Waals surface area contributed by atoms with Crippen LogP contribution in [0.5, 0.6) is 0 Å². The first-order valence-electron chi connectivity index (χ1n) is 8.49. The average molecular weight is 378 g/mol. The Labute approximate surface area is 155 Å². The molecule has 1 N–H and O–H groups in total. The zero-order valence-electron chi connectivity index (χ0n) is 15.1. The summed E-state index contributed by atoms with van der Waals surface area (Å²) in [6, 6.07) is 13.2. The van der Waals surface area contributed by atoms with Crippen molar-refractivity contribution in [2.24, 2.45) is 5.41 Å². The zero-order chi connectivity index (χ0) is 20.2. The van der Waals surface area contributed by atoms with Gasteiger partial charge in [0.25, 0.3) is 0 Å². The van der Waals surface area contributed by atoms with Crippen molar-refractivity contribution in [3.05, 3.63) is 71.3 Å². The third kappa shape index (κ3) is 5.42. The summed E-state index contributed by atoms with van der Waals surface area (Å²) in [5.74, 6) is -1.64. The van der Waals surface area contributed by atoms with Crippen molar-refractivity contribution in [3.8, 4) is 0 Å². The quantitative estimate of drug-likeness (QED) is 0.642. The highest BCUT2D eigenvalue weighted by Crippen LogP contribution is 2.35. The number of hydrogen-bond acceptors (Lipinski definition) is 2. The summed E-state index contributed by atoms with van der Waals surface area (Å²) in [6.07, 6.45) is -4.20. The second-order valence-electron chi connectivity index (χ2n) is 7.20. The average Bonchev–Trinajstić information content (AvgIpc) is 2.61. The van der Waals surface area contributed by atoms with Crippen molar-refractivity contribution in [1.29, 1.82) is 0 Å². The number of halogens is 3. The maximum Gasteiger partial charge on any atom is 0.416 e. The standard InChI is InChI=1S/C21H21F3O3/c1-20(2,19(26)27)13-16(14-6-4-3-5-7-14)12-18(25)15-8-10-17(11-9-15)21(22,23)24/h3-11,16H,12-13H2,1-2H3,(H,26,27). The van der Waals surface area contributed by atoms with Gasteiger partial charge in [0, 0.05) is 12.0 Å². The van der Waals surface area contributed by atoms with Gasteiger partial charge in [-0.3, -0.25) is 9.59 Å². The summed E-state index contributed by atoms with van der Waals surface area (Å²) in [4.78, 5) is 24.1. The Morgan fingerprint density at radius 3 is 2.00 bits per heavy atom. The summed E-state index contributed by atoms with van der Waals surface area (Å²) >= 11 is 0. The molecule has 2 aromatic rings. The van der Waals surface area contributed by atoms with Crippen molar-refractivity contribution in [1.82, 2.24) is 0 Å². The molecule has 3 nitrogen and oxygen atoms in total. The van der Waals surface area contributed by atoms with Crippen LogP contribution in [0.4, 0.5) is 13.2 Å². The number of Topliss-reactive ketones (excluding diaryl/α,β-unsaturated/α-hetero) is 1. The lowest BCUT2D eigenvalue weighted by molar-refractivity contribution is -0.147. The monoisotopic (exact) mass is 378 g/mol. The first kappa shape index (κ1) is 20.7. The van der Waals surface area contributed by atoms with Gasteiger partial charge in [-0.25, -0.2) is 0 Å². The van der Waals surface area contributed by atoms with E-state index in [9.17, 15) is 27.9 Å². The number of hydrogen-bond donors (Lipinski definition) is 1. The van der Waals surface area contributed by atoms with Gasteiger partial charge < -0.3 is 5.11 Å². The number of ketones is 1. The second kappa shape index (κ2) is 7.94. The predicted octanol–water partition coefficient (Wildman–Crippen LogP) is 5.56. The highest BCUT2D eigenvalue weighted by molar-refractivity contribution is 5.96. The fraction of sp³-hybridized carbons (Fsp3) is 0.333. The van der Waals surface area contributed by atoms with E-state index in [1.807, 2.05) is 18.2 Å². The molecule has 0 aliphatic rings. The van der Waals surface area contributed by atoms with Gasteiger partial charge in [0.15, 0.2) is 5.78 Å². The largest absolute Gasteiger partial charge is 0.481 e. The lowest BCUT2D eigenvalue weighted by Crippen LogP contribution is -2.27. The Morgan fingerprint density at radius 1 is 0.963 bits per heavy atom. The van der Waals surface area contributed by atoms with Gasteiger partial charge in [0.05, 0.1) is 11.0 Å². The normalized spacial score (nSPS) is 13.2. The summed E-state index contributed by atoms with van der Waals surface area (Å²) in [6.45, 7) is 3.18. The molecule has 1 unspecified atom stereocenters. The van der Waals surface area contributed by atoms with Crippen LogP contribution in [0.3, 0.4) is 0 Å². The topological polar surface area (TPSA) is 54.4 Å². The van der Waals surface area contributed by atoms with Crippen molar-refractivity contribution in [3.63, 3.8) is 0 Å². The Hall–Kier alpha value is -2.63. The highest BCUT2D eigenvalue weighted by Gasteiger charge is 2.33. The molecule has 0 aliphatic heterocycles. The summed E-state index contributed by atoms with van der Waals surface area (Å²) in [5.41, 5.74) is -0.851. The van der Waals surface area contributed by atoms with E-state index in [2.05, 4.69) is 0 Å². The van der Waals surface area contributed by atoms with E-state index in [0.29, 0.717) is 0 Å². The molecule has 6 heteroatoms. The number of carboxylic acid groups (broad SMARTS) is 1. The molecule has 0 heterocycles. The van der Waals surface area contributed by atoms with Gasteiger partial charge in [-0.05, 0) is 43.9 Å². The Morgan fingerprint density at radius 2 is 1.52 bits per heavy atom. The molecule has 0 spiro atoms. The lowest BCUT2D eigenvalue weighted by Gasteiger charge is -2.26. The van der Waals surface area contributed by atoms with Crippen LogP contribution in [0.2, 0.25) is 0 Å². The molecule has 0 fully saturated rings. The van der Waals surface area contributed by atoms with Gasteiger partial charge in [0.1, 0.15) is 0 Å². The lowest BCUT2D eigenvalue weighted by atomic mass is 9.77. The highest BCUT2D eigenvalue weighted by atomic mass is 19.4. The van der Waals surface area contributed by atoms with Crippen molar-refractivity contribution < 1.29 is 27.9 Å². The van der Waals surface area contributed by atoms with Gasteiger partial charge in [-0.2, -0.15) is 13.2 Å². The minimum Gasteiger partial charge on any atom is -0.481 e. The molecule has 144 valence electrons. The van der Waals surface area contributed by atoms with Crippen LogP contribution in [-0.2, 0) is 11.0 Å². The minimum absolute atomic E-state index is 0.0199. The van der Waals surface area contributed by atoms with Gasteiger partial charge >= 0.3 is 12.1 Å². The molecule has 0 bridgehead atoms. The summed E-state index contributed by atoms with van der Waals surface area (Å²) in [5, 5.41) is 9.40. The Balaban J connectivity index is 2.24. The molecule has 2 rings (SSSR count). The number of aliphatic carboxylic acids is 1. The van der Waals surface area contributed by atoms with Crippen LogP contribution in [0, 0.1) is 5.41 Å². The van der Waals surface area contributed by atoms with E-state index in [0.717, 1.165) is 29.8 Å². The van der Waals surface area contributed by atoms with Crippen LogP contribution in [0.15, 0.2) is 54.6 Å². The molecular formula is C21H21F3O3. The molecule has 2 aromatic carbocycles. The van der Waals surface area contributed by atoms with Crippen LogP contribution in [0.25, 0.3) is 0 Å². The molecule has 27 heavy (non-hydrogen) atoms. The number of alkyl halides is 3. The van der Waals surface area contributed by atoms with Gasteiger partial charge in [0.2, 0.25) is 0 Å². The maximum atomic E-state index is 12.7. The number of benzene rings is 2. The fourth-order valence-corrected chi connectivity index (χ4v) is 2.92. The molecular weight excluding hydrogens is 357 g/mol. The first-order chi connectivity index (χ1) is 12.5. The van der Waals surface area contributed by atoms with Gasteiger partial charge in [-0.15, -0.1) is 0 Å². The number of rotatable bonds is 7. The minimum atomic E-state index is -4.46. The molecule has 0 saturated heterocycles. The number of carbonyl (C=O) groups excluding carboxylic acids is 1. The Kier molecular flexibility index (Phi) is 6.08. The van der Waals surface area contributed by atoms with Crippen LogP contribution < -0.4 is 0 Å². The molecule has 0 aliphatic carbocycles. The predicted molar refractivity (Wildman–Crippen MR) is 95.6 cm³/mol. The third-order valence-electron chi connectivity index (χ3n) is 4.57. The van der Waals surface area contributed by atoms with E-state index in [1.54, 1.807) is 26.0 Å². The third-order valence-corrected chi connectivity index (χ3v) is 4.57. The fourth-order valence-electron chi connectivity index (χ4n) is 2.92. The number of carboxylic acids is 1. The zero-order valence-corrected chi connectivity index (χ0v) is 15.1. The molecule has 0 aromatic heterocycles. The number of carbonyl (C=O) groups is 2. The first-order valence-corrected chi connectivity index (χ1v) is 8.49. The van der Waals surface area contributed by atoms with Crippen molar-refractivity contribution in [2.75, 3.05) is 0 Å². The molecule has 1 atom stereocenters. The van der Waals surface area contributed by atoms with Crippen molar-refractivity contribution >= 4 is 11.8 Å². The van der Waals surface area contributed by atoms with E-state index in [4.69, 9.17) is 0 Å².